The minimum atomic E-state index is -2.74. The first-order chi connectivity index (χ1) is 17.1. The molecule has 4 aromatic rings. The van der Waals surface area contributed by atoms with Gasteiger partial charge >= 0.3 is 5.97 Å². The topological polar surface area (TPSA) is 123 Å². The molecule has 0 saturated carbocycles. The first kappa shape index (κ1) is 24.6. The van der Waals surface area contributed by atoms with Crippen LogP contribution in [-0.4, -0.2) is 48.6 Å². The summed E-state index contributed by atoms with van der Waals surface area (Å²) in [6.07, 6.45) is 1.76. The summed E-state index contributed by atoms with van der Waals surface area (Å²) in [6.45, 7) is 4.87. The second-order valence-electron chi connectivity index (χ2n) is 8.69. The maximum Gasteiger partial charge on any atom is 0.325 e. The van der Waals surface area contributed by atoms with Gasteiger partial charge in [0.1, 0.15) is 29.1 Å². The molecule has 0 aliphatic rings. The number of ether oxygens (including phenoxy) is 1. The fraction of sp³-hybridized carbons (Fsp3) is 0.250. The molecule has 0 fully saturated rings. The number of hydrogen-bond acceptors (Lipinski definition) is 8. The van der Waals surface area contributed by atoms with E-state index < -0.39 is 29.6 Å². The van der Waals surface area contributed by atoms with Crippen LogP contribution in [-0.2, 0) is 9.53 Å². The smallest absolute Gasteiger partial charge is 0.325 e. The van der Waals surface area contributed by atoms with Gasteiger partial charge in [-0.1, -0.05) is 6.07 Å². The van der Waals surface area contributed by atoms with E-state index in [1.807, 2.05) is 0 Å². The number of pyridine rings is 2. The van der Waals surface area contributed by atoms with Crippen molar-refractivity contribution < 1.29 is 23.1 Å². The Labute approximate surface area is 204 Å². The lowest BCUT2D eigenvalue weighted by atomic mass is 10.2. The number of fused-ring (bicyclic) bond motifs is 1. The van der Waals surface area contributed by atoms with Gasteiger partial charge in [-0.05, 0) is 51.1 Å². The standard InChI is InChI=1S/C24H23F2N7O3/c1-24(2,3)36-19(34)13-28-23(35)14-12-27-10-9-15(14)30-22-18-8-5-11-33(18)32-21(31-22)17-7-4-6-16(29-17)20(25)26/h4-12,20H,13H2,1-3H3,(H,28,35)(H,27,30,31,32). The average Bonchev–Trinajstić information content (AvgIpc) is 3.31. The molecule has 2 N–H and O–H groups in total. The Morgan fingerprint density at radius 1 is 1.11 bits per heavy atom. The highest BCUT2D eigenvalue weighted by Gasteiger charge is 2.20. The molecule has 4 heterocycles. The third-order valence-corrected chi connectivity index (χ3v) is 4.75. The number of carbonyl (C=O) groups excluding carboxylic acids is 2. The highest BCUT2D eigenvalue weighted by atomic mass is 19.3. The molecule has 0 aliphatic carbocycles. The Hall–Kier alpha value is -4.48. The van der Waals surface area contributed by atoms with Crippen molar-refractivity contribution in [2.45, 2.75) is 32.8 Å². The normalized spacial score (nSPS) is 11.5. The average molecular weight is 495 g/mol. The van der Waals surface area contributed by atoms with E-state index in [9.17, 15) is 18.4 Å². The number of anilines is 2. The van der Waals surface area contributed by atoms with Crippen molar-refractivity contribution in [2.75, 3.05) is 11.9 Å². The van der Waals surface area contributed by atoms with Crippen LogP contribution < -0.4 is 10.6 Å². The summed E-state index contributed by atoms with van der Waals surface area (Å²) >= 11 is 0. The van der Waals surface area contributed by atoms with E-state index in [0.29, 0.717) is 17.0 Å². The molecule has 1 amide bonds. The van der Waals surface area contributed by atoms with Crippen molar-refractivity contribution in [3.8, 4) is 11.5 Å². The molecular weight excluding hydrogens is 472 g/mol. The van der Waals surface area contributed by atoms with Gasteiger partial charge in [0.2, 0.25) is 5.82 Å². The summed E-state index contributed by atoms with van der Waals surface area (Å²) in [5.41, 5.74) is 0.172. The number of carbonyl (C=O) groups is 2. The molecule has 0 radical (unpaired) electrons. The van der Waals surface area contributed by atoms with Crippen LogP contribution in [0.15, 0.2) is 55.0 Å². The first-order valence-corrected chi connectivity index (χ1v) is 10.9. The molecule has 186 valence electrons. The Kier molecular flexibility index (Phi) is 6.86. The zero-order chi connectivity index (χ0) is 25.9. The van der Waals surface area contributed by atoms with Gasteiger partial charge in [-0.25, -0.2) is 23.3 Å². The number of halogens is 2. The van der Waals surface area contributed by atoms with Crippen molar-refractivity contribution in [1.29, 1.82) is 0 Å². The van der Waals surface area contributed by atoms with E-state index in [-0.39, 0.29) is 23.6 Å². The predicted molar refractivity (Wildman–Crippen MR) is 127 cm³/mol. The maximum absolute atomic E-state index is 13.2. The molecule has 0 aliphatic heterocycles. The molecule has 0 unspecified atom stereocenters. The van der Waals surface area contributed by atoms with Crippen molar-refractivity contribution in [3.05, 3.63) is 66.2 Å². The Balaban J connectivity index is 1.63. The van der Waals surface area contributed by atoms with Crippen LogP contribution in [0.2, 0.25) is 0 Å². The van der Waals surface area contributed by atoms with Crippen LogP contribution in [0, 0.1) is 0 Å². The molecule has 0 saturated heterocycles. The zero-order valence-corrected chi connectivity index (χ0v) is 19.7. The van der Waals surface area contributed by atoms with Crippen LogP contribution in [0.5, 0.6) is 0 Å². The Morgan fingerprint density at radius 2 is 1.92 bits per heavy atom. The molecule has 10 nitrogen and oxygen atoms in total. The summed E-state index contributed by atoms with van der Waals surface area (Å²) in [4.78, 5) is 37.2. The van der Waals surface area contributed by atoms with E-state index in [2.05, 4.69) is 30.7 Å². The minimum Gasteiger partial charge on any atom is -0.459 e. The lowest BCUT2D eigenvalue weighted by molar-refractivity contribution is -0.153. The SMILES string of the molecule is CC(C)(C)OC(=O)CNC(=O)c1cnccc1Nc1nc(-c2cccc(C(F)F)n2)nn2cccc12. The zero-order valence-electron chi connectivity index (χ0n) is 19.7. The highest BCUT2D eigenvalue weighted by Crippen LogP contribution is 2.26. The van der Waals surface area contributed by atoms with E-state index in [1.165, 1.54) is 35.1 Å². The van der Waals surface area contributed by atoms with E-state index >= 15 is 0 Å². The first-order valence-electron chi connectivity index (χ1n) is 10.9. The number of hydrogen-bond donors (Lipinski definition) is 2. The van der Waals surface area contributed by atoms with Gasteiger partial charge in [-0.2, -0.15) is 0 Å². The largest absolute Gasteiger partial charge is 0.459 e. The van der Waals surface area contributed by atoms with Crippen LogP contribution in [0.3, 0.4) is 0 Å². The van der Waals surface area contributed by atoms with Gasteiger partial charge < -0.3 is 15.4 Å². The highest BCUT2D eigenvalue weighted by molar-refractivity contribution is 6.01. The monoisotopic (exact) mass is 495 g/mol. The second-order valence-corrected chi connectivity index (χ2v) is 8.69. The molecule has 4 rings (SSSR count). The second kappa shape index (κ2) is 10.0. The van der Waals surface area contributed by atoms with Crippen molar-refractivity contribution in [1.82, 2.24) is 29.9 Å². The number of nitrogens with zero attached hydrogens (tertiary/aromatic N) is 5. The van der Waals surface area contributed by atoms with Crippen molar-refractivity contribution >= 4 is 28.9 Å². The summed E-state index contributed by atoms with van der Waals surface area (Å²) in [5.74, 6) is -0.720. The molecule has 0 bridgehead atoms. The fourth-order valence-corrected chi connectivity index (χ4v) is 3.27. The molecule has 0 spiro atoms. The van der Waals surface area contributed by atoms with Crippen LogP contribution >= 0.6 is 0 Å². The maximum atomic E-state index is 13.2. The molecular formula is C24H23F2N7O3. The van der Waals surface area contributed by atoms with Gasteiger partial charge in [0.25, 0.3) is 12.3 Å². The van der Waals surface area contributed by atoms with Gasteiger partial charge in [-0.3, -0.25) is 14.6 Å². The van der Waals surface area contributed by atoms with Gasteiger partial charge in [0.15, 0.2) is 5.82 Å². The molecule has 36 heavy (non-hydrogen) atoms. The van der Waals surface area contributed by atoms with E-state index in [4.69, 9.17) is 4.74 Å². The number of aromatic nitrogens is 5. The Bertz CT molecular complexity index is 1420. The van der Waals surface area contributed by atoms with Gasteiger partial charge in [-0.15, -0.1) is 5.10 Å². The number of amides is 1. The summed E-state index contributed by atoms with van der Waals surface area (Å²) < 4.78 is 33.0. The predicted octanol–water partition coefficient (Wildman–Crippen LogP) is 3.94. The number of nitrogens with one attached hydrogen (secondary N) is 2. The summed E-state index contributed by atoms with van der Waals surface area (Å²) in [6, 6.07) is 9.26. The van der Waals surface area contributed by atoms with Gasteiger partial charge in [0.05, 0.1) is 11.3 Å². The van der Waals surface area contributed by atoms with E-state index in [0.717, 1.165) is 0 Å². The quantitative estimate of drug-likeness (QED) is 0.370. The molecule has 12 heteroatoms. The minimum absolute atomic E-state index is 0.105. The summed E-state index contributed by atoms with van der Waals surface area (Å²) in [7, 11) is 0. The molecule has 0 aromatic carbocycles. The fourth-order valence-electron chi connectivity index (χ4n) is 3.27. The third kappa shape index (κ3) is 5.77. The Morgan fingerprint density at radius 3 is 2.67 bits per heavy atom. The lowest BCUT2D eigenvalue weighted by Crippen LogP contribution is -2.34. The number of alkyl halides is 2. The number of esters is 1. The van der Waals surface area contributed by atoms with Crippen LogP contribution in [0.4, 0.5) is 20.3 Å². The van der Waals surface area contributed by atoms with Crippen molar-refractivity contribution in [2.24, 2.45) is 0 Å². The van der Waals surface area contributed by atoms with Crippen LogP contribution in [0.25, 0.3) is 17.0 Å². The number of rotatable bonds is 7. The van der Waals surface area contributed by atoms with Crippen molar-refractivity contribution in [3.63, 3.8) is 0 Å². The van der Waals surface area contributed by atoms with E-state index in [1.54, 1.807) is 45.2 Å². The third-order valence-electron chi connectivity index (χ3n) is 4.75. The van der Waals surface area contributed by atoms with Gasteiger partial charge in [0, 0.05) is 18.6 Å². The molecule has 0 atom stereocenters. The molecule has 4 aromatic heterocycles. The summed E-state index contributed by atoms with van der Waals surface area (Å²) in [5, 5.41) is 9.97. The lowest BCUT2D eigenvalue weighted by Gasteiger charge is -2.19. The van der Waals surface area contributed by atoms with Crippen LogP contribution in [0.1, 0.15) is 43.2 Å².